The van der Waals surface area contributed by atoms with E-state index in [1.807, 2.05) is 35.2 Å². The molecule has 0 bridgehead atoms. The lowest BCUT2D eigenvalue weighted by Crippen LogP contribution is -2.46. The van der Waals surface area contributed by atoms with Crippen LogP contribution in [0.5, 0.6) is 10.9 Å². The smallest absolute Gasteiger partial charge is 0.279 e. The number of aromatic nitrogens is 2. The van der Waals surface area contributed by atoms with Gasteiger partial charge in [0.15, 0.2) is 0 Å². The zero-order valence-electron chi connectivity index (χ0n) is 19.0. The number of aromatic amines is 1. The molecule has 2 saturated heterocycles. The molecule has 7 nitrogen and oxygen atoms in total. The van der Waals surface area contributed by atoms with Crippen LogP contribution in [0.2, 0.25) is 0 Å². The van der Waals surface area contributed by atoms with Gasteiger partial charge in [-0.1, -0.05) is 23.5 Å². The van der Waals surface area contributed by atoms with Crippen LogP contribution in [0, 0.1) is 5.92 Å². The van der Waals surface area contributed by atoms with Gasteiger partial charge in [0.05, 0.1) is 23.4 Å². The molecule has 0 spiro atoms. The molecule has 2 aliphatic rings. The molecule has 0 atom stereocenters. The summed E-state index contributed by atoms with van der Waals surface area (Å²) in [6.07, 6.45) is 3.95. The molecule has 0 unspecified atom stereocenters. The Balaban J connectivity index is 1.08. The van der Waals surface area contributed by atoms with Crippen molar-refractivity contribution in [3.05, 3.63) is 54.2 Å². The number of nitrogens with one attached hydrogen (secondary N) is 1. The Morgan fingerprint density at radius 3 is 2.76 bits per heavy atom. The van der Waals surface area contributed by atoms with Crippen LogP contribution in [0.1, 0.15) is 18.4 Å². The summed E-state index contributed by atoms with van der Waals surface area (Å²) in [4.78, 5) is 25.2. The van der Waals surface area contributed by atoms with Crippen LogP contribution in [0.25, 0.3) is 21.1 Å². The number of H-pyrrole nitrogens is 1. The molecule has 6 rings (SSSR count). The number of hydrogen-bond acceptors (Lipinski definition) is 6. The molecule has 2 aromatic heterocycles. The SMILES string of the molecule is O=C(C1CCN(Cc2c[nH]c3cc(Oc4nc5ccccc5s4)ccc23)CC1)N1CCOCC1. The first-order valence-corrected chi connectivity index (χ1v) is 12.8. The number of benzene rings is 2. The summed E-state index contributed by atoms with van der Waals surface area (Å²) in [7, 11) is 0. The Morgan fingerprint density at radius 2 is 1.94 bits per heavy atom. The minimum atomic E-state index is 0.152. The van der Waals surface area contributed by atoms with E-state index in [2.05, 4.69) is 33.2 Å². The minimum absolute atomic E-state index is 0.152. The zero-order valence-corrected chi connectivity index (χ0v) is 19.9. The molecule has 0 radical (unpaired) electrons. The molecular formula is C26H28N4O3S. The van der Waals surface area contributed by atoms with Crippen molar-refractivity contribution in [3.8, 4) is 10.9 Å². The van der Waals surface area contributed by atoms with Crippen LogP contribution < -0.4 is 4.74 Å². The monoisotopic (exact) mass is 476 g/mol. The average molecular weight is 477 g/mol. The number of ether oxygens (including phenoxy) is 2. The van der Waals surface area contributed by atoms with Gasteiger partial charge in [-0.15, -0.1) is 0 Å². The third-order valence-corrected chi connectivity index (χ3v) is 7.79. The number of morpholine rings is 1. The molecule has 4 aromatic rings. The second kappa shape index (κ2) is 9.37. The van der Waals surface area contributed by atoms with Crippen molar-refractivity contribution >= 4 is 38.4 Å². The maximum Gasteiger partial charge on any atom is 0.279 e. The van der Waals surface area contributed by atoms with Crippen LogP contribution in [-0.4, -0.2) is 65.1 Å². The topological polar surface area (TPSA) is 70.7 Å². The van der Waals surface area contributed by atoms with Gasteiger partial charge >= 0.3 is 0 Å². The highest BCUT2D eigenvalue weighted by Gasteiger charge is 2.29. The van der Waals surface area contributed by atoms with E-state index in [4.69, 9.17) is 9.47 Å². The van der Waals surface area contributed by atoms with Crippen molar-refractivity contribution in [2.24, 2.45) is 5.92 Å². The molecule has 8 heteroatoms. The highest BCUT2D eigenvalue weighted by atomic mass is 32.1. The maximum absolute atomic E-state index is 12.8. The predicted molar refractivity (Wildman–Crippen MR) is 133 cm³/mol. The van der Waals surface area contributed by atoms with Crippen LogP contribution in [0.3, 0.4) is 0 Å². The highest BCUT2D eigenvalue weighted by molar-refractivity contribution is 7.20. The quantitative estimate of drug-likeness (QED) is 0.454. The average Bonchev–Trinajstić information content (AvgIpc) is 3.48. The molecule has 2 fully saturated rings. The van der Waals surface area contributed by atoms with E-state index in [9.17, 15) is 4.79 Å². The van der Waals surface area contributed by atoms with Crippen molar-refractivity contribution in [3.63, 3.8) is 0 Å². The fourth-order valence-corrected chi connectivity index (χ4v) is 5.81. The number of carbonyl (C=O) groups excluding carboxylic acids is 1. The fourth-order valence-electron chi connectivity index (χ4n) is 4.98. The van der Waals surface area contributed by atoms with E-state index in [-0.39, 0.29) is 5.92 Å². The van der Waals surface area contributed by atoms with Crippen molar-refractivity contribution < 1.29 is 14.3 Å². The number of amides is 1. The van der Waals surface area contributed by atoms with Gasteiger partial charge in [0.2, 0.25) is 5.91 Å². The van der Waals surface area contributed by atoms with E-state index in [0.717, 1.165) is 67.0 Å². The lowest BCUT2D eigenvalue weighted by Gasteiger charge is -2.35. The number of nitrogens with zero attached hydrogens (tertiary/aromatic N) is 3. The molecule has 0 saturated carbocycles. The Morgan fingerprint density at radius 1 is 1.12 bits per heavy atom. The summed E-state index contributed by atoms with van der Waals surface area (Å²) in [5.74, 6) is 1.25. The summed E-state index contributed by atoms with van der Waals surface area (Å²) in [6.45, 7) is 5.59. The van der Waals surface area contributed by atoms with E-state index in [1.54, 1.807) is 11.3 Å². The molecule has 2 aliphatic heterocycles. The second-order valence-corrected chi connectivity index (χ2v) is 10.1. The summed E-state index contributed by atoms with van der Waals surface area (Å²) in [6, 6.07) is 14.2. The molecular weight excluding hydrogens is 448 g/mol. The maximum atomic E-state index is 12.8. The summed E-state index contributed by atoms with van der Waals surface area (Å²) in [5, 5.41) is 1.87. The van der Waals surface area contributed by atoms with Gasteiger partial charge in [0, 0.05) is 48.7 Å². The summed E-state index contributed by atoms with van der Waals surface area (Å²) >= 11 is 1.55. The Labute approximate surface area is 202 Å². The Bertz CT molecular complexity index is 1270. The predicted octanol–water partition coefficient (Wildman–Crippen LogP) is 4.64. The number of likely N-dealkylation sites (tertiary alicyclic amines) is 1. The normalized spacial score (nSPS) is 18.1. The Hall–Kier alpha value is -2.94. The van der Waals surface area contributed by atoms with E-state index in [0.29, 0.717) is 24.3 Å². The molecule has 176 valence electrons. The number of thiazole rings is 1. The first-order valence-electron chi connectivity index (χ1n) is 12.0. The number of hydrogen-bond donors (Lipinski definition) is 1. The molecule has 4 heterocycles. The Kier molecular flexibility index (Phi) is 5.95. The highest BCUT2D eigenvalue weighted by Crippen LogP contribution is 2.33. The van der Waals surface area contributed by atoms with Crippen molar-refractivity contribution in [1.29, 1.82) is 0 Å². The van der Waals surface area contributed by atoms with E-state index >= 15 is 0 Å². The van der Waals surface area contributed by atoms with Crippen LogP contribution >= 0.6 is 11.3 Å². The van der Waals surface area contributed by atoms with Gasteiger partial charge in [-0.3, -0.25) is 9.69 Å². The first-order chi connectivity index (χ1) is 16.7. The van der Waals surface area contributed by atoms with Gasteiger partial charge < -0.3 is 19.4 Å². The minimum Gasteiger partial charge on any atom is -0.431 e. The molecule has 34 heavy (non-hydrogen) atoms. The van der Waals surface area contributed by atoms with Crippen LogP contribution in [0.4, 0.5) is 0 Å². The number of piperidine rings is 1. The van der Waals surface area contributed by atoms with E-state index < -0.39 is 0 Å². The van der Waals surface area contributed by atoms with Gasteiger partial charge in [-0.25, -0.2) is 4.98 Å². The zero-order chi connectivity index (χ0) is 22.9. The number of para-hydroxylation sites is 1. The third kappa shape index (κ3) is 4.41. The molecule has 1 amide bonds. The van der Waals surface area contributed by atoms with Gasteiger partial charge in [0.25, 0.3) is 5.19 Å². The van der Waals surface area contributed by atoms with Gasteiger partial charge in [-0.05, 0) is 55.8 Å². The molecule has 0 aliphatic carbocycles. The van der Waals surface area contributed by atoms with Crippen LogP contribution in [-0.2, 0) is 16.1 Å². The van der Waals surface area contributed by atoms with Crippen LogP contribution in [0.15, 0.2) is 48.7 Å². The summed E-state index contributed by atoms with van der Waals surface area (Å²) in [5.41, 5.74) is 3.30. The summed E-state index contributed by atoms with van der Waals surface area (Å²) < 4.78 is 12.6. The third-order valence-electron chi connectivity index (χ3n) is 6.87. The van der Waals surface area contributed by atoms with Gasteiger partial charge in [-0.2, -0.15) is 0 Å². The number of fused-ring (bicyclic) bond motifs is 2. The van der Waals surface area contributed by atoms with Crippen molar-refractivity contribution in [2.75, 3.05) is 39.4 Å². The number of rotatable bonds is 5. The fraction of sp³-hybridized carbons (Fsp3) is 0.385. The lowest BCUT2D eigenvalue weighted by atomic mass is 9.94. The van der Waals surface area contributed by atoms with Crippen molar-refractivity contribution in [1.82, 2.24) is 19.8 Å². The molecule has 1 N–H and O–H groups in total. The van der Waals surface area contributed by atoms with E-state index in [1.165, 1.54) is 10.9 Å². The second-order valence-electron chi connectivity index (χ2n) is 9.06. The first kappa shape index (κ1) is 21.6. The van der Waals surface area contributed by atoms with Gasteiger partial charge in [0.1, 0.15) is 5.75 Å². The molecule has 2 aromatic carbocycles. The standard InChI is InChI=1S/C26H28N4O3S/c31-25(30-11-13-32-14-12-30)18-7-9-29(10-8-18)17-19-16-27-23-15-20(5-6-21(19)23)33-26-28-22-3-1-2-4-24(22)34-26/h1-6,15-16,18,27H,7-14,17H2. The lowest BCUT2D eigenvalue weighted by molar-refractivity contribution is -0.141. The number of carbonyl (C=O) groups is 1. The largest absolute Gasteiger partial charge is 0.431 e. The van der Waals surface area contributed by atoms with Crippen molar-refractivity contribution in [2.45, 2.75) is 19.4 Å².